The molecule has 2 saturated heterocycles. The van der Waals surface area contributed by atoms with E-state index in [4.69, 9.17) is 37.9 Å². The minimum absolute atomic E-state index is 0.00807. The van der Waals surface area contributed by atoms with Gasteiger partial charge in [-0.1, -0.05) is 153 Å². The number of aliphatic hydroxyl groups is 1. The fourth-order valence-corrected chi connectivity index (χ4v) is 21.7. The maximum atomic E-state index is 13.9. The molecule has 9 aromatic carbocycles. The van der Waals surface area contributed by atoms with E-state index in [0.29, 0.717) is 42.9 Å². The first kappa shape index (κ1) is 91.1. The van der Waals surface area contributed by atoms with Crippen LogP contribution < -0.4 is 21.2 Å². The smallest absolute Gasteiger partial charge is 0.416 e. The van der Waals surface area contributed by atoms with Gasteiger partial charge >= 0.3 is 213 Å². The van der Waals surface area contributed by atoms with Gasteiger partial charge in [-0.2, -0.15) is 52.7 Å². The van der Waals surface area contributed by atoms with Crippen LogP contribution in [0.15, 0.2) is 273 Å². The van der Waals surface area contributed by atoms with Gasteiger partial charge in [0.25, 0.3) is 0 Å². The predicted molar refractivity (Wildman–Crippen MR) is 433 cm³/mol. The number of alkyl carbamates (subject to hydrolysis) is 1. The molecule has 0 aromatic heterocycles. The zero-order valence-corrected chi connectivity index (χ0v) is 67.4. The van der Waals surface area contributed by atoms with E-state index in [0.717, 1.165) is 61.9 Å². The Morgan fingerprint density at radius 3 is 1.44 bits per heavy atom. The Balaban J connectivity index is 0.000000192. The SMILES string of the molecule is BrP(CCC1OCCCO1)(c1ccccc1)(c1ccccc1)c1ccccc1.C[C@@H](CC[C@@](/C=C\CC1OCCCO1)(NC(=O)OCc1ccccc1)c1ccccc1)c1cc(C(F)(F)F)cc(C(F)(F)F)c1.C[C@@H](OC[C@@]1(c2ccccc2)C=CCC(OCCCO)N1C(=O)OCc1ccccc1)c1cc(C(F)(F)F)cc(C(F)(F)F)c1. The molecule has 2 amide bonds. The van der Waals surface area contributed by atoms with Gasteiger partial charge in [0.05, 0.1) is 60.3 Å². The van der Waals surface area contributed by atoms with Crippen molar-refractivity contribution in [3.63, 3.8) is 0 Å². The molecule has 3 aliphatic heterocycles. The average molecular weight is 1730 g/mol. The Kier molecular flexibility index (Phi) is 32.2. The summed E-state index contributed by atoms with van der Waals surface area (Å²) < 4.78 is 209. The molecule has 13 nitrogen and oxygen atoms in total. The number of amides is 2. The number of ether oxygens (including phenoxy) is 8. The molecule has 27 heteroatoms. The van der Waals surface area contributed by atoms with Crippen LogP contribution in [0.5, 0.6) is 0 Å². The minimum Gasteiger partial charge on any atom is -0.445 e. The van der Waals surface area contributed by atoms with Crippen LogP contribution in [-0.2, 0) is 86.9 Å². The van der Waals surface area contributed by atoms with Crippen molar-refractivity contribution in [2.75, 3.05) is 52.4 Å². The Morgan fingerprint density at radius 2 is 0.983 bits per heavy atom. The van der Waals surface area contributed by atoms with Crippen LogP contribution in [0.3, 0.4) is 0 Å². The number of nitrogens with one attached hydrogen (secondary N) is 1. The number of aliphatic hydroxyl groups excluding tert-OH is 1. The second kappa shape index (κ2) is 41.7. The quantitative estimate of drug-likeness (QED) is 0.0209. The van der Waals surface area contributed by atoms with Crippen LogP contribution in [0.1, 0.15) is 133 Å². The van der Waals surface area contributed by atoms with Gasteiger partial charge in [-0.3, -0.25) is 4.90 Å². The van der Waals surface area contributed by atoms with E-state index in [1.165, 1.54) is 27.7 Å². The van der Waals surface area contributed by atoms with Crippen molar-refractivity contribution in [1.82, 2.24) is 10.2 Å². The van der Waals surface area contributed by atoms with Crippen LogP contribution in [-0.4, -0.2) is 93.4 Å². The van der Waals surface area contributed by atoms with E-state index in [-0.39, 0.29) is 88.3 Å². The Morgan fingerprint density at radius 1 is 0.559 bits per heavy atom. The Hall–Kier alpha value is -9.21. The van der Waals surface area contributed by atoms with Gasteiger partial charge in [0.2, 0.25) is 0 Å². The number of halogens is 13. The number of rotatable bonds is 28. The normalized spacial score (nSPS) is 17.8. The molecule has 0 spiro atoms. The van der Waals surface area contributed by atoms with Crippen LogP contribution in [0.2, 0.25) is 0 Å². The molecule has 118 heavy (non-hydrogen) atoms. The summed E-state index contributed by atoms with van der Waals surface area (Å²) in [5.74, 6) is -0.739. The van der Waals surface area contributed by atoms with Gasteiger partial charge in [-0.15, -0.1) is 0 Å². The van der Waals surface area contributed by atoms with E-state index in [1.54, 1.807) is 128 Å². The first-order chi connectivity index (χ1) is 56.4. The molecule has 0 bridgehead atoms. The Bertz CT molecular complexity index is 4480. The number of benzene rings is 9. The summed E-state index contributed by atoms with van der Waals surface area (Å²) in [7, 11) is 0. The van der Waals surface area contributed by atoms with Crippen molar-refractivity contribution >= 4 is 48.9 Å². The van der Waals surface area contributed by atoms with Gasteiger partial charge in [0, 0.05) is 19.4 Å². The zero-order valence-electron chi connectivity index (χ0n) is 64.9. The van der Waals surface area contributed by atoms with Crippen LogP contribution in [0.25, 0.3) is 0 Å². The predicted octanol–water partition coefficient (Wildman–Crippen LogP) is 22.1. The summed E-state index contributed by atoms with van der Waals surface area (Å²) in [6, 6.07) is 71.1. The van der Waals surface area contributed by atoms with Crippen molar-refractivity contribution in [2.24, 2.45) is 0 Å². The molecule has 630 valence electrons. The first-order valence-electron chi connectivity index (χ1n) is 38.7. The number of alkyl halides is 12. The van der Waals surface area contributed by atoms with Gasteiger partial charge < -0.3 is 38.8 Å². The summed E-state index contributed by atoms with van der Waals surface area (Å²) in [5.41, 5.74) is -6.10. The number of carbonyl (C=O) groups is 2. The van der Waals surface area contributed by atoms with Crippen LogP contribution in [0.4, 0.5) is 62.3 Å². The topological polar surface area (TPSA) is 143 Å². The summed E-state index contributed by atoms with van der Waals surface area (Å²) in [6.07, 6.45) is -12.6. The van der Waals surface area contributed by atoms with Crippen LogP contribution in [0, 0.1) is 0 Å². The molecule has 0 saturated carbocycles. The maximum absolute atomic E-state index is 13.9. The summed E-state index contributed by atoms with van der Waals surface area (Å²) in [6.45, 7) is 5.05. The van der Waals surface area contributed by atoms with Gasteiger partial charge in [-0.25, -0.2) is 9.59 Å². The molecule has 0 aliphatic carbocycles. The summed E-state index contributed by atoms with van der Waals surface area (Å²) in [4.78, 5) is 28.4. The molecule has 2 fully saturated rings. The van der Waals surface area contributed by atoms with Gasteiger partial charge in [-0.05, 0) is 108 Å². The second-order valence-corrected chi connectivity index (χ2v) is 37.8. The molecule has 3 heterocycles. The van der Waals surface area contributed by atoms with Crippen molar-refractivity contribution < 1.29 is 105 Å². The average Bonchev–Trinajstić information content (AvgIpc) is 0.706. The van der Waals surface area contributed by atoms with Crippen molar-refractivity contribution in [2.45, 2.75) is 145 Å². The Labute approximate surface area is 686 Å². The molecule has 5 atom stereocenters. The number of nitrogens with zero attached hydrogens (tertiary/aromatic N) is 1. The third-order valence-corrected chi connectivity index (χ3v) is 30.5. The number of carbonyl (C=O) groups excluding carboxylic acids is 2. The van der Waals surface area contributed by atoms with Crippen LogP contribution >= 0.6 is 20.8 Å². The molecular formula is C91H94BrF12N2O11P. The van der Waals surface area contributed by atoms with Gasteiger partial charge in [0.1, 0.15) is 25.0 Å². The molecule has 2 N–H and O–H groups in total. The molecule has 3 aliphatic rings. The molecule has 9 aromatic rings. The van der Waals surface area contributed by atoms with Crippen molar-refractivity contribution in [1.29, 1.82) is 0 Å². The monoisotopic (exact) mass is 1730 g/mol. The van der Waals surface area contributed by atoms with E-state index < -0.39 is 100 Å². The summed E-state index contributed by atoms with van der Waals surface area (Å²) in [5, 5.41) is 13.4. The van der Waals surface area contributed by atoms with E-state index in [9.17, 15) is 67.4 Å². The standard InChI is InChI=1S/C34H35F6NO4.C33H33F6NO5.C24H26BrO2P/c1-24(26-20-28(33(35,36)37)22-29(21-26)34(38,39)40)15-17-32(27-12-6-3-7-13-27,16-8-14-30-43-18-9-19-44-30)41-31(42)45-23-25-10-4-2-5-11-25;1-23(25-18-27(32(34,35)36)20-28(19-25)33(37,38)39)45-22-31(26-12-6-3-7-13-26)15-8-14-29(43-17-9-16-41)40(31)30(42)44-21-24-10-4-2-5-11-24;25-28(21-11-4-1-5-12-21,22-13-6-2-7-14-22,23-15-8-3-9-16-23)20-17-24-26-18-10-19-27-24/h2-8,10-13,16,20-22,24,30H,9,14-15,17-19,23H2,1H3,(H,41,42);2-8,10-13,15,18-20,23,29,41H,9,14,16-17,21-22H2,1H3;1-9,11-16,24H,10,17-20H2/b16-8-;;/t24-,32+;23-,29?,31-;/m01./s1. The second-order valence-electron chi connectivity index (χ2n) is 28.7. The minimum atomic E-state index is -5.02. The summed E-state index contributed by atoms with van der Waals surface area (Å²) >= 11 is 4.46. The number of hydrogen-bond acceptors (Lipinski definition) is 11. The first-order valence-corrected chi connectivity index (χ1v) is 43.1. The maximum Gasteiger partial charge on any atom is 0.416 e. The largest absolute Gasteiger partial charge is 0.445 e. The van der Waals surface area contributed by atoms with E-state index in [1.807, 2.05) is 24.3 Å². The third-order valence-electron chi connectivity index (χ3n) is 20.5. The number of hydrogen-bond donors (Lipinski definition) is 2. The van der Waals surface area contributed by atoms with E-state index >= 15 is 0 Å². The fraction of sp³-hybridized carbons (Fsp3) is 0.341. The van der Waals surface area contributed by atoms with Crippen molar-refractivity contribution in [3.05, 3.63) is 329 Å². The van der Waals surface area contributed by atoms with Gasteiger partial charge in [0.15, 0.2) is 6.29 Å². The zero-order chi connectivity index (χ0) is 84.5. The third kappa shape index (κ3) is 24.3. The molecule has 12 rings (SSSR count). The van der Waals surface area contributed by atoms with Crippen molar-refractivity contribution in [3.8, 4) is 0 Å². The molecule has 0 radical (unpaired) electrons. The molecular weight excluding hydrogens is 1640 g/mol. The fourth-order valence-electron chi connectivity index (χ4n) is 14.2. The van der Waals surface area contributed by atoms with E-state index in [2.05, 4.69) is 112 Å². The molecule has 1 unspecified atom stereocenters.